The second-order valence-corrected chi connectivity index (χ2v) is 26.1. The number of allylic oxidation sites excluding steroid dienone is 13. The van der Waals surface area contributed by atoms with E-state index >= 15 is 0 Å². The van der Waals surface area contributed by atoms with Gasteiger partial charge in [0.2, 0.25) is 0 Å². The highest BCUT2D eigenvalue weighted by molar-refractivity contribution is 5.86. The third-order valence-corrected chi connectivity index (χ3v) is 15.0. The zero-order valence-corrected chi connectivity index (χ0v) is 62.8. The van der Waals surface area contributed by atoms with E-state index in [-0.39, 0.29) is 62.1 Å². The van der Waals surface area contributed by atoms with Gasteiger partial charge in [0.25, 0.3) is 5.56 Å². The van der Waals surface area contributed by atoms with Gasteiger partial charge in [0.1, 0.15) is 56.0 Å². The molecule has 0 amide bonds. The topological polar surface area (TPSA) is 332 Å². The summed E-state index contributed by atoms with van der Waals surface area (Å²) in [4.78, 5) is 94.7. The molecule has 6 aliphatic rings. The summed E-state index contributed by atoms with van der Waals surface area (Å²) < 4.78 is 12.1. The molecule has 1 saturated heterocycles. The number of nitrogens with one attached hydrogen (secondary N) is 5. The molecule has 1 fully saturated rings. The number of amidine groups is 1. The second-order valence-electron chi connectivity index (χ2n) is 26.1. The molecular formula is C75H114N14O12. The SMILES string of the molecule is C=C1C=CC=C(C(C)C)N1CC(=O)O.C=C1C=CC=C(C(C)C)N1CC(=O)OC.C=C1C=NC=C(C(C)C)N1.C=C1CCCC(C(C)C)N1CC(=O)O.C=C1N=C(C(C)C)NN1.C=C1N=CC=C(C(C)C)N1.CC(C)c1n[nH]c(=O)n1CC(=O)O.CCOC(=O)Cn1c(C(C)C)cccc1=O. The number of carboxylic acid groups (broad SMARTS) is 3. The number of hydrogen-bond donors (Lipinski definition) is 8. The first-order chi connectivity index (χ1) is 47.3. The smallest absolute Gasteiger partial charge is 0.343 e. The lowest BCUT2D eigenvalue weighted by Crippen LogP contribution is -2.43. The zero-order valence-electron chi connectivity index (χ0n) is 62.8. The van der Waals surface area contributed by atoms with Gasteiger partial charge in [0, 0.05) is 93.8 Å². The minimum atomic E-state index is -1.05. The van der Waals surface area contributed by atoms with Crippen molar-refractivity contribution in [2.24, 2.45) is 50.5 Å². The number of carbonyl (C=O) groups is 5. The molecule has 0 bridgehead atoms. The van der Waals surface area contributed by atoms with Crippen molar-refractivity contribution in [1.29, 1.82) is 0 Å². The van der Waals surface area contributed by atoms with Crippen molar-refractivity contribution in [1.82, 2.24) is 55.5 Å². The van der Waals surface area contributed by atoms with Crippen LogP contribution in [-0.2, 0) is 46.5 Å². The molecule has 0 aliphatic carbocycles. The number of rotatable bonds is 19. The number of aromatic nitrogens is 4. The summed E-state index contributed by atoms with van der Waals surface area (Å²) in [6.45, 7) is 57.6. The first-order valence-corrected chi connectivity index (χ1v) is 33.8. The van der Waals surface area contributed by atoms with Crippen LogP contribution in [0.2, 0.25) is 0 Å². The number of piperidine rings is 1. The van der Waals surface area contributed by atoms with Gasteiger partial charge in [-0.15, -0.1) is 0 Å². The number of ether oxygens (including phenoxy) is 2. The molecule has 556 valence electrons. The van der Waals surface area contributed by atoms with Gasteiger partial charge in [-0.1, -0.05) is 168 Å². The number of carbonyl (C=O) groups excluding carboxylic acids is 2. The molecule has 26 nitrogen and oxygen atoms in total. The molecule has 8 heterocycles. The number of carboxylic acids is 3. The zero-order chi connectivity index (χ0) is 77.0. The highest BCUT2D eigenvalue weighted by atomic mass is 16.5. The molecule has 8 N–H and O–H groups in total. The normalized spacial score (nSPS) is 15.7. The van der Waals surface area contributed by atoms with E-state index in [1.165, 1.54) is 23.4 Å². The summed E-state index contributed by atoms with van der Waals surface area (Å²) in [5, 5.41) is 38.2. The molecule has 1 atom stereocenters. The summed E-state index contributed by atoms with van der Waals surface area (Å²) in [5.41, 5.74) is 13.7. The highest BCUT2D eigenvalue weighted by Gasteiger charge is 2.28. The summed E-state index contributed by atoms with van der Waals surface area (Å²) in [5.74, 6) is 2.39. The van der Waals surface area contributed by atoms with E-state index in [1.54, 1.807) is 30.3 Å². The predicted molar refractivity (Wildman–Crippen MR) is 402 cm³/mol. The molecule has 2 aromatic heterocycles. The number of methoxy groups -OCH3 is 1. The summed E-state index contributed by atoms with van der Waals surface area (Å²) in [7, 11) is 1.39. The third kappa shape index (κ3) is 33.0. The fourth-order valence-electron chi connectivity index (χ4n) is 9.80. The maximum Gasteiger partial charge on any atom is 0.343 e. The molecule has 0 radical (unpaired) electrons. The molecule has 1 unspecified atom stereocenters. The van der Waals surface area contributed by atoms with Crippen LogP contribution >= 0.6 is 0 Å². The van der Waals surface area contributed by atoms with Crippen LogP contribution in [0.4, 0.5) is 0 Å². The van der Waals surface area contributed by atoms with E-state index in [9.17, 15) is 33.6 Å². The lowest BCUT2D eigenvalue weighted by molar-refractivity contribution is -0.144. The Morgan fingerprint density at radius 3 is 1.60 bits per heavy atom. The number of pyridine rings is 1. The molecule has 0 spiro atoms. The van der Waals surface area contributed by atoms with Gasteiger partial charge in [-0.3, -0.25) is 49.2 Å². The monoisotopic (exact) mass is 1400 g/mol. The molecule has 2 aromatic rings. The van der Waals surface area contributed by atoms with Gasteiger partial charge in [0.15, 0.2) is 0 Å². The molecule has 26 heteroatoms. The number of aromatic amines is 1. The number of H-pyrrole nitrogens is 1. The minimum Gasteiger partial charge on any atom is -0.480 e. The standard InChI is InChI=1S/C12H17NO3.C12H17NO2.C11H19NO2.C11H15NO2.2C8H12N2.C7H11N3O3.C6H11N3/c1-4-16-12(15)8-13-10(9(2)3)6-5-7-11(13)14;1-9(2)11-7-5-6-10(3)13(11)8-12(14)15-4;2*1-8(2)10-6-4-5-9(3)12(10)7-11(13)14;1-6(2)8-5-9-4-7(3)10-8;1-6(2)8-4-5-9-7(3)10-8;1-4(2)6-8-9-7(13)10(6)3-5(11)12;1-4(2)6-7-5(3)8-9-6/h5-7,9H,4,8H2,1-3H3;5-7,9H,3,8H2,1-2,4H3;8,10H,3-7H2,1-2H3,(H,13,14);4-6,8H,3,7H2,1-2H3,(H,13,14);2*4-6,10H,3H2,1-2H3;4H,3H2,1-2H3,(H,9,13)(H,11,12);4,8H,3H2,1-2H3,(H,7,9). The number of likely N-dealkylation sites (tertiary alicyclic amines) is 1. The van der Waals surface area contributed by atoms with Gasteiger partial charge in [-0.25, -0.2) is 19.9 Å². The van der Waals surface area contributed by atoms with Crippen LogP contribution in [0.5, 0.6) is 0 Å². The lowest BCUT2D eigenvalue weighted by atomic mass is 9.91. The molecule has 6 aliphatic heterocycles. The number of esters is 2. The Labute approximate surface area is 597 Å². The van der Waals surface area contributed by atoms with Crippen molar-refractivity contribution in [3.63, 3.8) is 0 Å². The summed E-state index contributed by atoms with van der Waals surface area (Å²) >= 11 is 0. The average molecular weight is 1400 g/mol. The molecule has 101 heavy (non-hydrogen) atoms. The summed E-state index contributed by atoms with van der Waals surface area (Å²) in [6.07, 6.45) is 21.9. The van der Waals surface area contributed by atoms with Gasteiger partial charge >= 0.3 is 35.5 Å². The van der Waals surface area contributed by atoms with Crippen LogP contribution in [0.15, 0.2) is 188 Å². The van der Waals surface area contributed by atoms with Gasteiger partial charge in [-0.05, 0) is 98.1 Å². The molecule has 8 rings (SSSR count). The second kappa shape index (κ2) is 45.4. The van der Waals surface area contributed by atoms with E-state index in [1.807, 2.05) is 106 Å². The van der Waals surface area contributed by atoms with Crippen molar-refractivity contribution in [3.8, 4) is 0 Å². The fourth-order valence-corrected chi connectivity index (χ4v) is 9.80. The predicted octanol–water partition coefficient (Wildman–Crippen LogP) is 11.5. The quantitative estimate of drug-likeness (QED) is 0.0606. The number of hydrogen-bond acceptors (Lipinski definition) is 20. The van der Waals surface area contributed by atoms with Crippen LogP contribution in [0, 0.1) is 35.5 Å². The Hall–Kier alpha value is -10.3. The van der Waals surface area contributed by atoms with Crippen molar-refractivity contribution < 1.29 is 48.8 Å². The lowest BCUT2D eigenvalue weighted by Gasteiger charge is -2.40. The van der Waals surface area contributed by atoms with Crippen LogP contribution in [-0.4, -0.2) is 137 Å². The third-order valence-electron chi connectivity index (χ3n) is 15.0. The van der Waals surface area contributed by atoms with Crippen molar-refractivity contribution in [2.75, 3.05) is 33.4 Å². The number of hydrazine groups is 1. The molecule has 0 aromatic carbocycles. The minimum absolute atomic E-state index is 0.0129. The van der Waals surface area contributed by atoms with E-state index in [0.29, 0.717) is 59.8 Å². The first kappa shape index (κ1) is 88.7. The van der Waals surface area contributed by atoms with Crippen molar-refractivity contribution >= 4 is 48.1 Å². The van der Waals surface area contributed by atoms with Crippen LogP contribution < -0.4 is 32.7 Å². The first-order valence-electron chi connectivity index (χ1n) is 33.8. The Kier molecular flexibility index (Phi) is 39.9. The van der Waals surface area contributed by atoms with Crippen LogP contribution in [0.3, 0.4) is 0 Å². The Balaban J connectivity index is 0.000000581. The Morgan fingerprint density at radius 1 is 0.624 bits per heavy atom. The van der Waals surface area contributed by atoms with Crippen LogP contribution in [0.1, 0.15) is 160 Å². The molecule has 0 saturated carbocycles. The maximum absolute atomic E-state index is 11.6. The fraction of sp³-hybridized carbons (Fsp3) is 0.480. The molecular weight excluding hydrogens is 1290 g/mol. The number of nitrogens with zero attached hydrogens (tertiary/aromatic N) is 9. The highest BCUT2D eigenvalue weighted by Crippen LogP contribution is 2.29. The number of aliphatic carboxylic acids is 3. The summed E-state index contributed by atoms with van der Waals surface area (Å²) in [6, 6.07) is 5.36. The number of aliphatic imine (C=N–C) groups is 3. The largest absolute Gasteiger partial charge is 0.480 e. The van der Waals surface area contributed by atoms with E-state index in [2.05, 4.69) is 160 Å². The van der Waals surface area contributed by atoms with Crippen molar-refractivity contribution in [3.05, 3.63) is 196 Å². The van der Waals surface area contributed by atoms with Crippen molar-refractivity contribution in [2.45, 2.75) is 168 Å². The Bertz CT molecular complexity index is 3550. The van der Waals surface area contributed by atoms with Gasteiger partial charge in [0.05, 0.1) is 13.7 Å². The van der Waals surface area contributed by atoms with Crippen LogP contribution in [0.25, 0.3) is 0 Å². The average Bonchev–Trinajstić information content (AvgIpc) is 1.17. The van der Waals surface area contributed by atoms with E-state index in [0.717, 1.165) is 81.1 Å². The maximum atomic E-state index is 11.6. The Morgan fingerprint density at radius 2 is 1.19 bits per heavy atom. The van der Waals surface area contributed by atoms with E-state index < -0.39 is 23.6 Å². The van der Waals surface area contributed by atoms with Gasteiger partial charge in [-0.2, -0.15) is 5.10 Å². The van der Waals surface area contributed by atoms with Gasteiger partial charge < -0.3 is 54.7 Å². The van der Waals surface area contributed by atoms with E-state index in [4.69, 9.17) is 20.1 Å².